The minimum absolute atomic E-state index is 0.329. The van der Waals surface area contributed by atoms with E-state index in [-0.39, 0.29) is 0 Å². The maximum atomic E-state index is 9.47. The average Bonchev–Trinajstić information content (AvgIpc) is 2.90. The van der Waals surface area contributed by atoms with Gasteiger partial charge in [0.15, 0.2) is 0 Å². The zero-order valence-corrected chi connectivity index (χ0v) is 12.4. The van der Waals surface area contributed by atoms with E-state index in [1.54, 1.807) is 12.1 Å². The molecule has 1 unspecified atom stereocenters. The van der Waals surface area contributed by atoms with E-state index in [1.165, 1.54) is 5.56 Å². The van der Waals surface area contributed by atoms with Crippen LogP contribution in [0.15, 0.2) is 48.5 Å². The number of nitrogens with one attached hydrogen (secondary N) is 1. The number of aryl methyl sites for hydroxylation is 1. The van der Waals surface area contributed by atoms with Crippen LogP contribution in [0.5, 0.6) is 5.75 Å². The monoisotopic (exact) mass is 282 g/mol. The number of benzene rings is 2. The number of aromatic hydroxyl groups is 1. The summed E-state index contributed by atoms with van der Waals surface area (Å²) in [6.45, 7) is 5.24. The second-order valence-electron chi connectivity index (χ2n) is 5.85. The first-order valence-electron chi connectivity index (χ1n) is 7.53. The zero-order valence-electron chi connectivity index (χ0n) is 12.4. The SMILES string of the molecule is Cc1cc(O)ccc1NC1CCN(Cc2ccccc2)C1. The van der Waals surface area contributed by atoms with Crippen LogP contribution in [0.1, 0.15) is 17.5 Å². The molecular weight excluding hydrogens is 260 g/mol. The molecule has 3 heteroatoms. The van der Waals surface area contributed by atoms with Crippen LogP contribution in [0.4, 0.5) is 5.69 Å². The summed E-state index contributed by atoms with van der Waals surface area (Å²) in [5, 5.41) is 13.1. The summed E-state index contributed by atoms with van der Waals surface area (Å²) in [5.74, 6) is 0.329. The van der Waals surface area contributed by atoms with Gasteiger partial charge in [-0.1, -0.05) is 30.3 Å². The predicted molar refractivity (Wildman–Crippen MR) is 86.6 cm³/mol. The smallest absolute Gasteiger partial charge is 0.115 e. The molecule has 2 aromatic rings. The first-order chi connectivity index (χ1) is 10.2. The van der Waals surface area contributed by atoms with Crippen molar-refractivity contribution in [1.82, 2.24) is 4.90 Å². The molecule has 0 radical (unpaired) electrons. The second kappa shape index (κ2) is 6.19. The molecule has 1 aliphatic rings. The van der Waals surface area contributed by atoms with Crippen molar-refractivity contribution in [2.45, 2.75) is 25.9 Å². The van der Waals surface area contributed by atoms with Crippen molar-refractivity contribution >= 4 is 5.69 Å². The Balaban J connectivity index is 1.57. The first-order valence-corrected chi connectivity index (χ1v) is 7.53. The van der Waals surface area contributed by atoms with Crippen LogP contribution in [-0.2, 0) is 6.54 Å². The summed E-state index contributed by atoms with van der Waals surface area (Å²) in [5.41, 5.74) is 3.59. The van der Waals surface area contributed by atoms with Gasteiger partial charge in [-0.05, 0) is 42.7 Å². The third kappa shape index (κ3) is 3.56. The number of phenols is 1. The van der Waals surface area contributed by atoms with Crippen LogP contribution in [0.25, 0.3) is 0 Å². The standard InChI is InChI=1S/C18H22N2O/c1-14-11-17(21)7-8-18(14)19-16-9-10-20(13-16)12-15-5-3-2-4-6-15/h2-8,11,16,19,21H,9-10,12-13H2,1H3. The Morgan fingerprint density at radius 1 is 1.19 bits per heavy atom. The Labute approximate surface area is 126 Å². The topological polar surface area (TPSA) is 35.5 Å². The summed E-state index contributed by atoms with van der Waals surface area (Å²) in [4.78, 5) is 2.49. The molecule has 3 rings (SSSR count). The molecule has 1 atom stereocenters. The number of phenolic OH excluding ortho intramolecular Hbond substituents is 1. The molecule has 0 amide bonds. The van der Waals surface area contributed by atoms with Gasteiger partial charge in [-0.25, -0.2) is 0 Å². The molecule has 0 spiro atoms. The quantitative estimate of drug-likeness (QED) is 0.844. The largest absolute Gasteiger partial charge is 0.508 e. The van der Waals surface area contributed by atoms with Crippen LogP contribution < -0.4 is 5.32 Å². The molecule has 1 heterocycles. The summed E-state index contributed by atoms with van der Waals surface area (Å²) in [7, 11) is 0. The number of anilines is 1. The number of nitrogens with zero attached hydrogens (tertiary/aromatic N) is 1. The van der Waals surface area contributed by atoms with E-state index in [9.17, 15) is 5.11 Å². The Morgan fingerprint density at radius 3 is 2.76 bits per heavy atom. The van der Waals surface area contributed by atoms with E-state index in [2.05, 4.69) is 40.5 Å². The highest BCUT2D eigenvalue weighted by Gasteiger charge is 2.22. The predicted octanol–water partition coefficient (Wildman–Crippen LogP) is 3.39. The molecule has 21 heavy (non-hydrogen) atoms. The molecule has 0 saturated carbocycles. The van der Waals surface area contributed by atoms with Gasteiger partial charge < -0.3 is 10.4 Å². The molecular formula is C18H22N2O. The van der Waals surface area contributed by atoms with E-state index >= 15 is 0 Å². The molecule has 3 nitrogen and oxygen atoms in total. The molecule has 0 bridgehead atoms. The van der Waals surface area contributed by atoms with Crippen molar-refractivity contribution in [3.63, 3.8) is 0 Å². The van der Waals surface area contributed by atoms with Crippen LogP contribution in [0.3, 0.4) is 0 Å². The first kappa shape index (κ1) is 14.0. The summed E-state index contributed by atoms with van der Waals surface area (Å²) in [6.07, 6.45) is 1.16. The van der Waals surface area contributed by atoms with Gasteiger partial charge in [-0.2, -0.15) is 0 Å². The number of likely N-dealkylation sites (tertiary alicyclic amines) is 1. The number of rotatable bonds is 4. The van der Waals surface area contributed by atoms with Gasteiger partial charge in [0.2, 0.25) is 0 Å². The van der Waals surface area contributed by atoms with Crippen molar-refractivity contribution < 1.29 is 5.11 Å². The lowest BCUT2D eigenvalue weighted by Gasteiger charge is -2.18. The van der Waals surface area contributed by atoms with Crippen LogP contribution in [-0.4, -0.2) is 29.1 Å². The van der Waals surface area contributed by atoms with Crippen molar-refractivity contribution in [1.29, 1.82) is 0 Å². The van der Waals surface area contributed by atoms with Gasteiger partial charge in [0.05, 0.1) is 0 Å². The van der Waals surface area contributed by atoms with E-state index in [0.29, 0.717) is 11.8 Å². The summed E-state index contributed by atoms with van der Waals surface area (Å²) in [6, 6.07) is 16.6. The lowest BCUT2D eigenvalue weighted by atomic mass is 10.1. The molecule has 2 aromatic carbocycles. The van der Waals surface area contributed by atoms with Crippen LogP contribution in [0, 0.1) is 6.92 Å². The number of hydrogen-bond donors (Lipinski definition) is 2. The zero-order chi connectivity index (χ0) is 14.7. The van der Waals surface area contributed by atoms with Gasteiger partial charge in [-0.15, -0.1) is 0 Å². The van der Waals surface area contributed by atoms with Gasteiger partial charge >= 0.3 is 0 Å². The minimum atomic E-state index is 0.329. The lowest BCUT2D eigenvalue weighted by molar-refractivity contribution is 0.328. The van der Waals surface area contributed by atoms with E-state index in [0.717, 1.165) is 37.3 Å². The maximum absolute atomic E-state index is 9.47. The highest BCUT2D eigenvalue weighted by molar-refractivity contribution is 5.54. The Hall–Kier alpha value is -2.00. The molecule has 0 aromatic heterocycles. The molecule has 110 valence electrons. The van der Waals surface area contributed by atoms with Gasteiger partial charge in [0, 0.05) is 31.4 Å². The highest BCUT2D eigenvalue weighted by atomic mass is 16.3. The third-order valence-electron chi connectivity index (χ3n) is 4.09. The molecule has 1 fully saturated rings. The van der Waals surface area contributed by atoms with Crippen LogP contribution >= 0.6 is 0 Å². The van der Waals surface area contributed by atoms with Crippen LogP contribution in [0.2, 0.25) is 0 Å². The van der Waals surface area contributed by atoms with Gasteiger partial charge in [0.1, 0.15) is 5.75 Å². The van der Waals surface area contributed by atoms with Crippen molar-refractivity contribution in [3.05, 3.63) is 59.7 Å². The molecule has 0 aliphatic carbocycles. The Morgan fingerprint density at radius 2 is 2.00 bits per heavy atom. The summed E-state index contributed by atoms with van der Waals surface area (Å²) >= 11 is 0. The fourth-order valence-corrected chi connectivity index (χ4v) is 2.97. The molecule has 2 N–H and O–H groups in total. The van der Waals surface area contributed by atoms with Gasteiger partial charge in [0.25, 0.3) is 0 Å². The van der Waals surface area contributed by atoms with E-state index in [1.807, 2.05) is 13.0 Å². The minimum Gasteiger partial charge on any atom is -0.508 e. The molecule has 1 saturated heterocycles. The van der Waals surface area contributed by atoms with E-state index < -0.39 is 0 Å². The maximum Gasteiger partial charge on any atom is 0.115 e. The Bertz CT molecular complexity index is 597. The second-order valence-corrected chi connectivity index (χ2v) is 5.85. The average molecular weight is 282 g/mol. The highest BCUT2D eigenvalue weighted by Crippen LogP contribution is 2.23. The van der Waals surface area contributed by atoms with Crippen molar-refractivity contribution in [3.8, 4) is 5.75 Å². The van der Waals surface area contributed by atoms with E-state index in [4.69, 9.17) is 0 Å². The van der Waals surface area contributed by atoms with Gasteiger partial charge in [-0.3, -0.25) is 4.90 Å². The molecule has 1 aliphatic heterocycles. The fourth-order valence-electron chi connectivity index (χ4n) is 2.97. The lowest BCUT2D eigenvalue weighted by Crippen LogP contribution is -2.26. The normalized spacial score (nSPS) is 18.8. The van der Waals surface area contributed by atoms with Crippen molar-refractivity contribution in [2.24, 2.45) is 0 Å². The Kier molecular flexibility index (Phi) is 4.11. The summed E-state index contributed by atoms with van der Waals surface area (Å²) < 4.78 is 0. The fraction of sp³-hybridized carbons (Fsp3) is 0.333. The third-order valence-corrected chi connectivity index (χ3v) is 4.09. The number of hydrogen-bond acceptors (Lipinski definition) is 3. The van der Waals surface area contributed by atoms with Crippen molar-refractivity contribution in [2.75, 3.05) is 18.4 Å².